The Morgan fingerprint density at radius 3 is 2.62 bits per heavy atom. The van der Waals surface area contributed by atoms with Crippen LogP contribution in [0.3, 0.4) is 0 Å². The van der Waals surface area contributed by atoms with Crippen molar-refractivity contribution >= 4 is 23.5 Å². The molecular weight excluding hydrogens is 334 g/mol. The summed E-state index contributed by atoms with van der Waals surface area (Å²) in [6, 6.07) is 7.11. The van der Waals surface area contributed by atoms with Crippen molar-refractivity contribution in [2.75, 3.05) is 6.54 Å². The second-order valence-corrected chi connectivity index (χ2v) is 5.89. The molecule has 128 valence electrons. The molecule has 1 aromatic heterocycles. The lowest BCUT2D eigenvalue weighted by molar-refractivity contribution is -0.155. The maximum Gasteiger partial charge on any atom is 0.337 e. The zero-order valence-electron chi connectivity index (χ0n) is 13.3. The lowest BCUT2D eigenvalue weighted by atomic mass is 10.1. The molecule has 0 radical (unpaired) electrons. The van der Waals surface area contributed by atoms with Gasteiger partial charge < -0.3 is 15.5 Å². The van der Waals surface area contributed by atoms with Crippen molar-refractivity contribution in [3.63, 3.8) is 0 Å². The molecule has 1 heterocycles. The van der Waals surface area contributed by atoms with Crippen LogP contribution in [0, 0.1) is 0 Å². The molecule has 2 rings (SSSR count). The summed E-state index contributed by atoms with van der Waals surface area (Å²) < 4.78 is 1.58. The van der Waals surface area contributed by atoms with Gasteiger partial charge in [0.05, 0.1) is 34.7 Å². The van der Waals surface area contributed by atoms with Gasteiger partial charge in [0.1, 0.15) is 0 Å². The van der Waals surface area contributed by atoms with Crippen LogP contribution < -0.4 is 5.32 Å². The summed E-state index contributed by atoms with van der Waals surface area (Å²) in [7, 11) is 0. The maximum absolute atomic E-state index is 12.3. The van der Waals surface area contributed by atoms with E-state index in [1.165, 1.54) is 6.20 Å². The average molecular weight is 352 g/mol. The third kappa shape index (κ3) is 3.58. The van der Waals surface area contributed by atoms with Crippen LogP contribution in [0.1, 0.15) is 29.9 Å². The third-order valence-corrected chi connectivity index (χ3v) is 3.90. The number of carbonyl (C=O) groups is 2. The van der Waals surface area contributed by atoms with Gasteiger partial charge in [-0.05, 0) is 25.5 Å². The zero-order chi connectivity index (χ0) is 17.9. The highest BCUT2D eigenvalue weighted by Crippen LogP contribution is 2.22. The molecule has 0 saturated carbocycles. The van der Waals surface area contributed by atoms with E-state index in [1.807, 2.05) is 13.0 Å². The number of rotatable bonds is 6. The van der Waals surface area contributed by atoms with Crippen molar-refractivity contribution in [1.29, 1.82) is 0 Å². The Balaban J connectivity index is 2.28. The minimum Gasteiger partial charge on any atom is -0.479 e. The molecule has 24 heavy (non-hydrogen) atoms. The van der Waals surface area contributed by atoms with Crippen molar-refractivity contribution in [1.82, 2.24) is 15.1 Å². The minimum absolute atomic E-state index is 0.304. The normalized spacial score (nSPS) is 13.3. The first kappa shape index (κ1) is 18.0. The third-order valence-electron chi connectivity index (χ3n) is 3.58. The molecule has 1 atom stereocenters. The number of hydrogen-bond donors (Lipinski definition) is 3. The molecule has 1 amide bonds. The molecule has 3 N–H and O–H groups in total. The molecule has 0 aliphatic carbocycles. The molecule has 8 heteroatoms. The van der Waals surface area contributed by atoms with E-state index >= 15 is 0 Å². The van der Waals surface area contributed by atoms with Crippen LogP contribution in [0.15, 0.2) is 30.5 Å². The van der Waals surface area contributed by atoms with E-state index in [4.69, 9.17) is 16.7 Å². The second-order valence-electron chi connectivity index (χ2n) is 5.48. The molecule has 7 nitrogen and oxygen atoms in total. The SMILES string of the molecule is CCc1c(C(=O)NCC(C)(O)C(=O)O)cnn1-c1ccccc1Cl. The van der Waals surface area contributed by atoms with Crippen LogP contribution in [0.2, 0.25) is 5.02 Å². The van der Waals surface area contributed by atoms with E-state index in [1.54, 1.807) is 22.9 Å². The molecule has 0 spiro atoms. The Kier molecular flexibility index (Phi) is 5.26. The summed E-state index contributed by atoms with van der Waals surface area (Å²) in [5.74, 6) is -1.92. The Morgan fingerprint density at radius 2 is 2.04 bits per heavy atom. The lowest BCUT2D eigenvalue weighted by Crippen LogP contribution is -2.46. The van der Waals surface area contributed by atoms with Gasteiger partial charge in [-0.15, -0.1) is 0 Å². The van der Waals surface area contributed by atoms with E-state index in [0.717, 1.165) is 6.92 Å². The molecule has 1 unspecified atom stereocenters. The highest BCUT2D eigenvalue weighted by atomic mass is 35.5. The van der Waals surface area contributed by atoms with Gasteiger partial charge in [-0.25, -0.2) is 9.48 Å². The molecule has 0 aliphatic heterocycles. The zero-order valence-corrected chi connectivity index (χ0v) is 14.0. The van der Waals surface area contributed by atoms with Crippen molar-refractivity contribution < 1.29 is 19.8 Å². The number of hydrogen-bond acceptors (Lipinski definition) is 4. The standard InChI is InChI=1S/C16H18ClN3O4/c1-3-12-10(14(21)18-9-16(2,24)15(22)23)8-19-20(12)13-7-5-4-6-11(13)17/h4-8,24H,3,9H2,1-2H3,(H,18,21)(H,22,23). The largest absolute Gasteiger partial charge is 0.479 e. The highest BCUT2D eigenvalue weighted by molar-refractivity contribution is 6.32. The fraction of sp³-hybridized carbons (Fsp3) is 0.312. The van der Waals surface area contributed by atoms with E-state index in [2.05, 4.69) is 10.4 Å². The molecule has 0 saturated heterocycles. The van der Waals surface area contributed by atoms with Crippen LogP contribution in [-0.2, 0) is 11.2 Å². The van der Waals surface area contributed by atoms with Crippen LogP contribution in [0.5, 0.6) is 0 Å². The number of amides is 1. The number of carbonyl (C=O) groups excluding carboxylic acids is 1. The summed E-state index contributed by atoms with van der Waals surface area (Å²) in [5.41, 5.74) is -0.456. The quantitative estimate of drug-likeness (QED) is 0.734. The van der Waals surface area contributed by atoms with Crippen LogP contribution in [0.25, 0.3) is 5.69 Å². The summed E-state index contributed by atoms with van der Waals surface area (Å²) in [5, 5.41) is 25.7. The predicted molar refractivity (Wildman–Crippen MR) is 88.5 cm³/mol. The molecule has 0 fully saturated rings. The maximum atomic E-state index is 12.3. The molecular formula is C16H18ClN3O4. The first-order valence-electron chi connectivity index (χ1n) is 7.33. The average Bonchev–Trinajstić information content (AvgIpc) is 2.96. The number of nitrogens with one attached hydrogen (secondary N) is 1. The fourth-order valence-electron chi connectivity index (χ4n) is 2.16. The van der Waals surface area contributed by atoms with Gasteiger partial charge in [-0.1, -0.05) is 30.7 Å². The van der Waals surface area contributed by atoms with Crippen molar-refractivity contribution in [3.05, 3.63) is 46.7 Å². The monoisotopic (exact) mass is 351 g/mol. The van der Waals surface area contributed by atoms with Crippen LogP contribution in [-0.4, -0.2) is 44.0 Å². The van der Waals surface area contributed by atoms with Gasteiger partial charge in [0.2, 0.25) is 0 Å². The molecule has 0 aliphatic rings. The van der Waals surface area contributed by atoms with Crippen molar-refractivity contribution in [3.8, 4) is 5.69 Å². The molecule has 1 aromatic carbocycles. The number of benzene rings is 1. The number of aliphatic carboxylic acids is 1. The lowest BCUT2D eigenvalue weighted by Gasteiger charge is -2.18. The number of aromatic nitrogens is 2. The van der Waals surface area contributed by atoms with Gasteiger partial charge in [-0.3, -0.25) is 4.79 Å². The summed E-state index contributed by atoms with van der Waals surface area (Å²) >= 11 is 6.17. The van der Waals surface area contributed by atoms with E-state index in [9.17, 15) is 14.7 Å². The van der Waals surface area contributed by atoms with Gasteiger partial charge in [0.15, 0.2) is 5.60 Å². The number of para-hydroxylation sites is 1. The Hall–Kier alpha value is -2.38. The fourth-order valence-corrected chi connectivity index (χ4v) is 2.37. The van der Waals surface area contributed by atoms with Gasteiger partial charge in [-0.2, -0.15) is 5.10 Å². The number of carboxylic acids is 1. The van der Waals surface area contributed by atoms with Crippen LogP contribution in [0.4, 0.5) is 0 Å². The van der Waals surface area contributed by atoms with Crippen molar-refractivity contribution in [2.24, 2.45) is 0 Å². The molecule has 2 aromatic rings. The summed E-state index contributed by atoms with van der Waals surface area (Å²) in [6.45, 7) is 2.57. The number of carboxylic acid groups (broad SMARTS) is 1. The number of aliphatic hydroxyl groups is 1. The molecule has 0 bridgehead atoms. The van der Waals surface area contributed by atoms with E-state index in [0.29, 0.717) is 28.4 Å². The Morgan fingerprint density at radius 1 is 1.38 bits per heavy atom. The van der Waals surface area contributed by atoms with Crippen LogP contribution >= 0.6 is 11.6 Å². The smallest absolute Gasteiger partial charge is 0.337 e. The minimum atomic E-state index is -2.04. The van der Waals surface area contributed by atoms with Gasteiger partial charge in [0.25, 0.3) is 5.91 Å². The topological polar surface area (TPSA) is 104 Å². The first-order valence-corrected chi connectivity index (χ1v) is 7.71. The summed E-state index contributed by atoms with van der Waals surface area (Å²) in [4.78, 5) is 23.2. The highest BCUT2D eigenvalue weighted by Gasteiger charge is 2.31. The number of halogens is 1. The van der Waals surface area contributed by atoms with E-state index < -0.39 is 24.0 Å². The Bertz CT molecular complexity index is 770. The first-order chi connectivity index (χ1) is 11.3. The summed E-state index contributed by atoms with van der Waals surface area (Å²) in [6.07, 6.45) is 1.91. The predicted octanol–water partition coefficient (Wildman–Crippen LogP) is 1.65. The van der Waals surface area contributed by atoms with Gasteiger partial charge >= 0.3 is 5.97 Å². The van der Waals surface area contributed by atoms with Crippen molar-refractivity contribution in [2.45, 2.75) is 25.9 Å². The van der Waals surface area contributed by atoms with E-state index in [-0.39, 0.29) is 0 Å². The Labute approximate surface area is 143 Å². The van der Waals surface area contributed by atoms with Gasteiger partial charge in [0, 0.05) is 0 Å². The second kappa shape index (κ2) is 7.02. The number of nitrogens with zero attached hydrogens (tertiary/aromatic N) is 2.